The smallest absolute Gasteiger partial charge is 0.251 e. The van der Waals surface area contributed by atoms with Gasteiger partial charge in [0.05, 0.1) is 6.04 Å². The molecule has 0 fully saturated rings. The number of hydrogen-bond acceptors (Lipinski definition) is 2. The lowest BCUT2D eigenvalue weighted by molar-refractivity contribution is 0.0926. The Morgan fingerprint density at radius 3 is 2.45 bits per heavy atom. The molecule has 0 spiro atoms. The molecule has 2 nitrogen and oxygen atoms in total. The molecule has 1 amide bonds. The topological polar surface area (TPSA) is 29.1 Å². The molecule has 2 aromatic carbocycles. The maximum Gasteiger partial charge on any atom is 0.251 e. The van der Waals surface area contributed by atoms with Crippen LogP contribution in [0.3, 0.4) is 0 Å². The summed E-state index contributed by atoms with van der Waals surface area (Å²) < 4.78 is 0. The Balaban J connectivity index is 1.85. The summed E-state index contributed by atoms with van der Waals surface area (Å²) in [6, 6.07) is 18.1. The largest absolute Gasteiger partial charge is 0.344 e. The van der Waals surface area contributed by atoms with Crippen LogP contribution in [0.4, 0.5) is 0 Å². The van der Waals surface area contributed by atoms with Gasteiger partial charge in [-0.2, -0.15) is 0 Å². The summed E-state index contributed by atoms with van der Waals surface area (Å²) in [5, 5.41) is 7.46. The molecular weight excluding hydrogens is 290 g/mol. The van der Waals surface area contributed by atoms with E-state index in [4.69, 9.17) is 0 Å². The molecule has 112 valence electrons. The van der Waals surface area contributed by atoms with Crippen LogP contribution in [0.15, 0.2) is 60.0 Å². The van der Waals surface area contributed by atoms with Crippen LogP contribution in [0, 0.1) is 5.92 Å². The minimum absolute atomic E-state index is 0.0159. The molecule has 0 aliphatic heterocycles. The second-order valence-corrected chi connectivity index (χ2v) is 6.75. The van der Waals surface area contributed by atoms with E-state index in [9.17, 15) is 4.79 Å². The maximum absolute atomic E-state index is 12.6. The zero-order chi connectivity index (χ0) is 15.5. The zero-order valence-corrected chi connectivity index (χ0v) is 13.6. The van der Waals surface area contributed by atoms with Crippen molar-refractivity contribution in [1.29, 1.82) is 0 Å². The number of nitrogens with one attached hydrogen (secondary N) is 1. The lowest BCUT2D eigenvalue weighted by atomic mass is 10.0. The van der Waals surface area contributed by atoms with Crippen LogP contribution in [0.1, 0.15) is 35.1 Å². The molecule has 0 bridgehead atoms. The minimum Gasteiger partial charge on any atom is -0.344 e. The molecule has 3 aromatic rings. The maximum atomic E-state index is 12.6. The van der Waals surface area contributed by atoms with E-state index in [1.165, 1.54) is 4.88 Å². The average Bonchev–Trinajstić information content (AvgIpc) is 3.05. The van der Waals surface area contributed by atoms with Gasteiger partial charge in [-0.15, -0.1) is 11.3 Å². The third-order valence-electron chi connectivity index (χ3n) is 3.81. The van der Waals surface area contributed by atoms with Gasteiger partial charge in [0, 0.05) is 10.4 Å². The van der Waals surface area contributed by atoms with E-state index in [-0.39, 0.29) is 11.9 Å². The molecule has 1 unspecified atom stereocenters. The van der Waals surface area contributed by atoms with Crippen molar-refractivity contribution >= 4 is 28.0 Å². The van der Waals surface area contributed by atoms with Crippen molar-refractivity contribution in [2.24, 2.45) is 5.92 Å². The molecule has 3 rings (SSSR count). The highest BCUT2D eigenvalue weighted by Gasteiger charge is 2.20. The number of thiophene rings is 1. The van der Waals surface area contributed by atoms with Gasteiger partial charge in [-0.3, -0.25) is 4.79 Å². The van der Waals surface area contributed by atoms with Gasteiger partial charge >= 0.3 is 0 Å². The Labute approximate surface area is 134 Å². The van der Waals surface area contributed by atoms with E-state index in [0.29, 0.717) is 11.5 Å². The van der Waals surface area contributed by atoms with E-state index in [1.54, 1.807) is 11.3 Å². The molecular formula is C19H19NOS. The van der Waals surface area contributed by atoms with E-state index in [0.717, 1.165) is 10.8 Å². The monoisotopic (exact) mass is 309 g/mol. The Bertz CT molecular complexity index is 777. The first kappa shape index (κ1) is 14.8. The van der Waals surface area contributed by atoms with E-state index < -0.39 is 0 Å². The van der Waals surface area contributed by atoms with Crippen molar-refractivity contribution in [3.63, 3.8) is 0 Å². The second kappa shape index (κ2) is 6.32. The van der Waals surface area contributed by atoms with Crippen molar-refractivity contribution in [1.82, 2.24) is 5.32 Å². The van der Waals surface area contributed by atoms with E-state index in [1.807, 2.05) is 47.8 Å². The molecule has 1 aromatic heterocycles. The van der Waals surface area contributed by atoms with Gasteiger partial charge in [0.1, 0.15) is 0 Å². The quantitative estimate of drug-likeness (QED) is 0.719. The number of benzene rings is 2. The third kappa shape index (κ3) is 3.04. The van der Waals surface area contributed by atoms with Crippen molar-refractivity contribution in [3.8, 4) is 0 Å². The van der Waals surface area contributed by atoms with Gasteiger partial charge < -0.3 is 5.32 Å². The highest BCUT2D eigenvalue weighted by molar-refractivity contribution is 7.10. The van der Waals surface area contributed by atoms with E-state index >= 15 is 0 Å². The standard InChI is InChI=1S/C19H19NOS/c1-13(2)18(17-8-5-11-22-17)20-19(21)16-10-9-14-6-3-4-7-15(14)12-16/h3-13,18H,1-2H3,(H,20,21). The summed E-state index contributed by atoms with van der Waals surface area (Å²) in [6.45, 7) is 4.26. The minimum atomic E-state index is -0.0159. The van der Waals surface area contributed by atoms with Crippen LogP contribution in [0.5, 0.6) is 0 Å². The SMILES string of the molecule is CC(C)C(NC(=O)c1ccc2ccccc2c1)c1cccs1. The highest BCUT2D eigenvalue weighted by atomic mass is 32.1. The van der Waals surface area contributed by atoms with Crippen molar-refractivity contribution in [3.05, 3.63) is 70.4 Å². The lowest BCUT2D eigenvalue weighted by Gasteiger charge is -2.21. The number of amides is 1. The molecule has 1 N–H and O–H groups in total. The molecule has 0 radical (unpaired) electrons. The molecule has 0 saturated carbocycles. The van der Waals surface area contributed by atoms with Gasteiger partial charge in [0.25, 0.3) is 5.91 Å². The first-order valence-electron chi connectivity index (χ1n) is 7.48. The summed E-state index contributed by atoms with van der Waals surface area (Å²) >= 11 is 1.68. The van der Waals surface area contributed by atoms with Gasteiger partial charge in [0.15, 0.2) is 0 Å². The Kier molecular flexibility index (Phi) is 4.25. The molecule has 0 aliphatic rings. The van der Waals surface area contributed by atoms with Crippen molar-refractivity contribution in [2.75, 3.05) is 0 Å². The van der Waals surface area contributed by atoms with Gasteiger partial charge in [-0.05, 0) is 40.3 Å². The van der Waals surface area contributed by atoms with Gasteiger partial charge in [-0.25, -0.2) is 0 Å². The van der Waals surface area contributed by atoms with Gasteiger partial charge in [0.2, 0.25) is 0 Å². The summed E-state index contributed by atoms with van der Waals surface area (Å²) in [7, 11) is 0. The van der Waals surface area contributed by atoms with Crippen LogP contribution in [0.2, 0.25) is 0 Å². The van der Waals surface area contributed by atoms with Crippen LogP contribution < -0.4 is 5.32 Å². The number of hydrogen-bond donors (Lipinski definition) is 1. The number of rotatable bonds is 4. The normalized spacial score (nSPS) is 12.5. The van der Waals surface area contributed by atoms with Crippen LogP contribution in [0.25, 0.3) is 10.8 Å². The predicted octanol–water partition coefficient (Wildman–Crippen LogP) is 5.03. The molecule has 3 heteroatoms. The van der Waals surface area contributed by atoms with Gasteiger partial charge in [-0.1, -0.05) is 50.2 Å². The predicted molar refractivity (Wildman–Crippen MR) is 93.3 cm³/mol. The fourth-order valence-corrected chi connectivity index (χ4v) is 3.54. The average molecular weight is 309 g/mol. The molecule has 0 saturated heterocycles. The molecule has 1 atom stereocenters. The molecule has 22 heavy (non-hydrogen) atoms. The summed E-state index contributed by atoms with van der Waals surface area (Å²) in [4.78, 5) is 13.8. The number of carbonyl (C=O) groups is 1. The van der Waals surface area contributed by atoms with Crippen molar-refractivity contribution < 1.29 is 4.79 Å². The zero-order valence-electron chi connectivity index (χ0n) is 12.7. The first-order valence-corrected chi connectivity index (χ1v) is 8.36. The Morgan fingerprint density at radius 2 is 1.77 bits per heavy atom. The summed E-state index contributed by atoms with van der Waals surface area (Å²) in [5.74, 6) is 0.334. The van der Waals surface area contributed by atoms with Crippen LogP contribution in [-0.4, -0.2) is 5.91 Å². The van der Waals surface area contributed by atoms with E-state index in [2.05, 4.69) is 31.3 Å². The summed E-state index contributed by atoms with van der Waals surface area (Å²) in [5.41, 5.74) is 0.709. The molecule has 0 aliphatic carbocycles. The second-order valence-electron chi connectivity index (χ2n) is 5.77. The number of fused-ring (bicyclic) bond motifs is 1. The lowest BCUT2D eigenvalue weighted by Crippen LogP contribution is -2.31. The first-order chi connectivity index (χ1) is 10.6. The van der Waals surface area contributed by atoms with Crippen molar-refractivity contribution in [2.45, 2.75) is 19.9 Å². The Hall–Kier alpha value is -2.13. The fraction of sp³-hybridized carbons (Fsp3) is 0.211. The summed E-state index contributed by atoms with van der Waals surface area (Å²) in [6.07, 6.45) is 0. The third-order valence-corrected chi connectivity index (χ3v) is 4.77. The Morgan fingerprint density at radius 1 is 1.00 bits per heavy atom. The van der Waals surface area contributed by atoms with Crippen LogP contribution >= 0.6 is 11.3 Å². The van der Waals surface area contributed by atoms with Crippen LogP contribution in [-0.2, 0) is 0 Å². The molecule has 1 heterocycles. The highest BCUT2D eigenvalue weighted by Crippen LogP contribution is 2.26. The fourth-order valence-electron chi connectivity index (χ4n) is 2.59. The number of carbonyl (C=O) groups excluding carboxylic acids is 1.